The minimum Gasteiger partial charge on any atom is -0.334 e. The Kier molecular flexibility index (Phi) is 5.91. The first-order valence-corrected chi connectivity index (χ1v) is 8.23. The Morgan fingerprint density at radius 2 is 2.24 bits per heavy atom. The van der Waals surface area contributed by atoms with Crippen LogP contribution < -0.4 is 5.32 Å². The number of halogens is 2. The molecule has 1 N–H and O–H groups in total. The van der Waals surface area contributed by atoms with Gasteiger partial charge in [0.05, 0.1) is 0 Å². The first-order chi connectivity index (χ1) is 10.0. The number of nitrogens with zero attached hydrogens (tertiary/aromatic N) is 1. The molecule has 1 aromatic carbocycles. The number of nitrogens with one attached hydrogen (secondary N) is 1. The largest absolute Gasteiger partial charge is 0.334 e. The van der Waals surface area contributed by atoms with E-state index in [9.17, 15) is 4.79 Å². The molecule has 0 spiro atoms. The van der Waals surface area contributed by atoms with Gasteiger partial charge >= 0.3 is 0 Å². The number of benzene rings is 1. The lowest BCUT2D eigenvalue weighted by Gasteiger charge is -2.31. The molecule has 1 saturated heterocycles. The fourth-order valence-corrected chi connectivity index (χ4v) is 3.05. The summed E-state index contributed by atoms with van der Waals surface area (Å²) >= 11 is 12.2. The van der Waals surface area contributed by atoms with E-state index < -0.39 is 0 Å². The Balaban J connectivity index is 2.20. The predicted molar refractivity (Wildman–Crippen MR) is 87.7 cm³/mol. The predicted octanol–water partition coefficient (Wildman–Crippen LogP) is 3.73. The average molecular weight is 329 g/mol. The summed E-state index contributed by atoms with van der Waals surface area (Å²) in [6.45, 7) is 6.40. The number of hydrogen-bond acceptors (Lipinski definition) is 2. The summed E-state index contributed by atoms with van der Waals surface area (Å²) in [6.07, 6.45) is 1.84. The van der Waals surface area contributed by atoms with E-state index in [1.807, 2.05) is 30.9 Å². The molecule has 3 nitrogen and oxygen atoms in total. The summed E-state index contributed by atoms with van der Waals surface area (Å²) in [7, 11) is 0. The fourth-order valence-electron chi connectivity index (χ4n) is 2.58. The van der Waals surface area contributed by atoms with Crippen LogP contribution >= 0.6 is 23.2 Å². The van der Waals surface area contributed by atoms with Gasteiger partial charge in [-0.3, -0.25) is 4.79 Å². The zero-order chi connectivity index (χ0) is 15.4. The smallest absolute Gasteiger partial charge is 0.225 e. The second kappa shape index (κ2) is 7.48. The molecule has 116 valence electrons. The molecule has 5 heteroatoms. The standard InChI is InChI=1S/C16H22Cl2N2O/c1-3-11(2)16(21)20(14-6-7-19-9-14)10-12-4-5-13(17)8-15(12)18/h4-5,8,11,14,19H,3,6-7,9-10H2,1-2H3/t11?,14-/m0/s1. The highest BCUT2D eigenvalue weighted by atomic mass is 35.5. The van der Waals surface area contributed by atoms with Gasteiger partial charge < -0.3 is 10.2 Å². The number of amides is 1. The van der Waals surface area contributed by atoms with Crippen LogP contribution in [0.2, 0.25) is 10.0 Å². The summed E-state index contributed by atoms with van der Waals surface area (Å²) in [5.41, 5.74) is 0.949. The van der Waals surface area contributed by atoms with E-state index in [1.165, 1.54) is 0 Å². The van der Waals surface area contributed by atoms with Crippen LogP contribution in [0.25, 0.3) is 0 Å². The molecule has 1 aliphatic heterocycles. The monoisotopic (exact) mass is 328 g/mol. The maximum atomic E-state index is 12.7. The second-order valence-corrected chi connectivity index (χ2v) is 6.50. The molecule has 1 aliphatic rings. The summed E-state index contributed by atoms with van der Waals surface area (Å²) in [4.78, 5) is 14.6. The molecule has 1 aromatic rings. The van der Waals surface area contributed by atoms with Gasteiger partial charge in [-0.25, -0.2) is 0 Å². The van der Waals surface area contributed by atoms with Gasteiger partial charge in [0.1, 0.15) is 0 Å². The molecule has 2 rings (SSSR count). The Morgan fingerprint density at radius 3 is 2.81 bits per heavy atom. The van der Waals surface area contributed by atoms with Crippen LogP contribution in [0.15, 0.2) is 18.2 Å². The first kappa shape index (κ1) is 16.6. The van der Waals surface area contributed by atoms with Gasteiger partial charge in [-0.05, 0) is 37.1 Å². The summed E-state index contributed by atoms with van der Waals surface area (Å²) in [5.74, 6) is 0.244. The Morgan fingerprint density at radius 1 is 1.48 bits per heavy atom. The molecule has 21 heavy (non-hydrogen) atoms. The fraction of sp³-hybridized carbons (Fsp3) is 0.562. The van der Waals surface area contributed by atoms with Crippen LogP contribution in [0.4, 0.5) is 0 Å². The molecule has 0 aromatic heterocycles. The summed E-state index contributed by atoms with van der Waals surface area (Å²) in [6, 6.07) is 5.71. The van der Waals surface area contributed by atoms with Crippen LogP contribution in [0.3, 0.4) is 0 Å². The van der Waals surface area contributed by atoms with Crippen molar-refractivity contribution >= 4 is 29.1 Å². The molecule has 1 fully saturated rings. The molecule has 0 bridgehead atoms. The van der Waals surface area contributed by atoms with Gasteiger partial charge in [0, 0.05) is 35.1 Å². The molecule has 0 saturated carbocycles. The van der Waals surface area contributed by atoms with Gasteiger partial charge in [-0.15, -0.1) is 0 Å². The maximum Gasteiger partial charge on any atom is 0.225 e. The lowest BCUT2D eigenvalue weighted by atomic mass is 10.0. The topological polar surface area (TPSA) is 32.3 Å². The molecule has 0 radical (unpaired) electrons. The van der Waals surface area contributed by atoms with Gasteiger partial charge in [-0.1, -0.05) is 43.1 Å². The third-order valence-corrected chi connectivity index (χ3v) is 4.73. The lowest BCUT2D eigenvalue weighted by molar-refractivity contribution is -0.137. The van der Waals surface area contributed by atoms with Crippen LogP contribution in [-0.2, 0) is 11.3 Å². The molecular formula is C16H22Cl2N2O. The van der Waals surface area contributed by atoms with Crippen LogP contribution in [0.5, 0.6) is 0 Å². The minimum absolute atomic E-state index is 0.0386. The van der Waals surface area contributed by atoms with Crippen LogP contribution in [0, 0.1) is 5.92 Å². The highest BCUT2D eigenvalue weighted by molar-refractivity contribution is 6.35. The van der Waals surface area contributed by atoms with E-state index in [2.05, 4.69) is 5.32 Å². The molecule has 1 unspecified atom stereocenters. The number of rotatable bonds is 5. The summed E-state index contributed by atoms with van der Waals surface area (Å²) < 4.78 is 0. The molecule has 0 aliphatic carbocycles. The van der Waals surface area contributed by atoms with Crippen molar-refractivity contribution in [1.82, 2.24) is 10.2 Å². The van der Waals surface area contributed by atoms with E-state index in [-0.39, 0.29) is 17.9 Å². The number of carbonyl (C=O) groups is 1. The molecule has 2 atom stereocenters. The minimum atomic E-state index is 0.0386. The third-order valence-electron chi connectivity index (χ3n) is 4.15. The van der Waals surface area contributed by atoms with Crippen molar-refractivity contribution in [2.75, 3.05) is 13.1 Å². The van der Waals surface area contributed by atoms with Crippen molar-refractivity contribution in [3.63, 3.8) is 0 Å². The third kappa shape index (κ3) is 4.12. The highest BCUT2D eigenvalue weighted by Crippen LogP contribution is 2.25. The molecule has 1 heterocycles. The van der Waals surface area contributed by atoms with E-state index in [0.717, 1.165) is 31.5 Å². The van der Waals surface area contributed by atoms with Crippen molar-refractivity contribution in [2.45, 2.75) is 39.3 Å². The normalized spacial score (nSPS) is 19.5. The van der Waals surface area contributed by atoms with E-state index in [4.69, 9.17) is 23.2 Å². The Bertz CT molecular complexity index is 501. The van der Waals surface area contributed by atoms with Crippen LogP contribution in [0.1, 0.15) is 32.3 Å². The van der Waals surface area contributed by atoms with Crippen LogP contribution in [-0.4, -0.2) is 29.9 Å². The first-order valence-electron chi connectivity index (χ1n) is 7.48. The van der Waals surface area contributed by atoms with Crippen molar-refractivity contribution in [3.8, 4) is 0 Å². The zero-order valence-corrected chi connectivity index (χ0v) is 14.0. The van der Waals surface area contributed by atoms with Gasteiger partial charge in [0.15, 0.2) is 0 Å². The lowest BCUT2D eigenvalue weighted by Crippen LogP contribution is -2.43. The van der Waals surface area contributed by atoms with E-state index in [1.54, 1.807) is 6.07 Å². The maximum absolute atomic E-state index is 12.7. The Hall–Kier alpha value is -0.770. The highest BCUT2D eigenvalue weighted by Gasteiger charge is 2.29. The summed E-state index contributed by atoms with van der Waals surface area (Å²) in [5, 5.41) is 4.56. The van der Waals surface area contributed by atoms with Crippen molar-refractivity contribution in [3.05, 3.63) is 33.8 Å². The SMILES string of the molecule is CCC(C)C(=O)N(Cc1ccc(Cl)cc1Cl)[C@H]1CCNC1. The van der Waals surface area contributed by atoms with Crippen molar-refractivity contribution < 1.29 is 4.79 Å². The van der Waals surface area contributed by atoms with E-state index >= 15 is 0 Å². The van der Waals surface area contributed by atoms with Crippen molar-refractivity contribution in [2.24, 2.45) is 5.92 Å². The van der Waals surface area contributed by atoms with Gasteiger partial charge in [0.2, 0.25) is 5.91 Å². The van der Waals surface area contributed by atoms with Gasteiger partial charge in [0.25, 0.3) is 0 Å². The number of carbonyl (C=O) groups excluding carboxylic acids is 1. The molecular weight excluding hydrogens is 307 g/mol. The number of hydrogen-bond donors (Lipinski definition) is 1. The second-order valence-electron chi connectivity index (χ2n) is 5.66. The zero-order valence-electron chi connectivity index (χ0n) is 12.5. The van der Waals surface area contributed by atoms with Crippen molar-refractivity contribution in [1.29, 1.82) is 0 Å². The Labute approximate surface area is 136 Å². The van der Waals surface area contributed by atoms with Gasteiger partial charge in [-0.2, -0.15) is 0 Å². The molecule has 1 amide bonds. The quantitative estimate of drug-likeness (QED) is 0.893. The van der Waals surface area contributed by atoms with E-state index in [0.29, 0.717) is 16.6 Å². The average Bonchev–Trinajstić information content (AvgIpc) is 2.99.